The minimum Gasteiger partial charge on any atom is -1.00 e. The van der Waals surface area contributed by atoms with Crippen LogP contribution in [-0.4, -0.2) is 101 Å². The molecule has 0 spiro atoms. The molecular weight excluding hydrogens is 784 g/mol. The number of nitrogens with zero attached hydrogens (tertiary/aromatic N) is 2. The van der Waals surface area contributed by atoms with Crippen LogP contribution in [0.5, 0.6) is 0 Å². The van der Waals surface area contributed by atoms with Crippen molar-refractivity contribution in [2.45, 2.75) is 25.7 Å². The average Bonchev–Trinajstić information content (AvgIpc) is 4.01. The molecule has 0 aliphatic carbocycles. The second-order valence-electron chi connectivity index (χ2n) is 13.7. The Kier molecular flexibility index (Phi) is 27.3. The van der Waals surface area contributed by atoms with Gasteiger partial charge < -0.3 is 54.7 Å². The number of benzene rings is 6. The molecule has 0 aromatic heterocycles. The van der Waals surface area contributed by atoms with Crippen molar-refractivity contribution in [3.63, 3.8) is 0 Å². The fourth-order valence-corrected chi connectivity index (χ4v) is 6.13. The zero-order valence-corrected chi connectivity index (χ0v) is 38.9. The van der Waals surface area contributed by atoms with E-state index in [0.717, 1.165) is 60.3 Å². The van der Waals surface area contributed by atoms with Gasteiger partial charge in [0, 0.05) is 26.4 Å². The second kappa shape index (κ2) is 30.0. The normalized spacial score (nSPS) is 12.2. The Morgan fingerprint density at radius 2 is 0.638 bits per heavy atom. The summed E-state index contributed by atoms with van der Waals surface area (Å²) < 4.78 is 9.89. The van der Waals surface area contributed by atoms with Crippen LogP contribution in [-0.2, 0) is 9.47 Å². The Balaban J connectivity index is 0.000000441. The zero-order chi connectivity index (χ0) is 37.8. The van der Waals surface area contributed by atoms with E-state index in [-0.39, 0.29) is 70.9 Å². The fourth-order valence-electron chi connectivity index (χ4n) is 6.13. The number of quaternary nitrogens is 2. The maximum Gasteiger partial charge on any atom is 2.00 e. The predicted octanol–water partition coefficient (Wildman–Crippen LogP) is 3.77. The molecule has 10 heteroatoms. The Morgan fingerprint density at radius 3 is 0.931 bits per heavy atom. The van der Waals surface area contributed by atoms with Gasteiger partial charge in [-0.3, -0.25) is 0 Å². The summed E-state index contributed by atoms with van der Waals surface area (Å²) in [5.41, 5.74) is 11.1. The molecule has 0 bridgehead atoms. The number of hydrogen-bond acceptors (Lipinski definition) is 2. The molecule has 58 heavy (non-hydrogen) atoms. The van der Waals surface area contributed by atoms with Crippen molar-refractivity contribution in [1.29, 1.82) is 0 Å². The monoisotopic (exact) mass is 838 g/mol. The molecule has 0 radical (unpaired) electrons. The second-order valence-corrected chi connectivity index (χ2v) is 13.7. The average molecular weight is 841 g/mol. The molecule has 0 amide bonds. The van der Waals surface area contributed by atoms with Gasteiger partial charge in [0.2, 0.25) is 0 Å². The number of para-hydroxylation sites is 6. The van der Waals surface area contributed by atoms with Gasteiger partial charge in [-0.1, -0.05) is 157 Å². The molecule has 2 N–H and O–H groups in total. The molecule has 6 aromatic rings. The van der Waals surface area contributed by atoms with Crippen molar-refractivity contribution in [1.82, 2.24) is 0 Å². The number of rotatable bonds is 8. The van der Waals surface area contributed by atoms with Gasteiger partial charge in [-0.2, -0.15) is 0 Å². The van der Waals surface area contributed by atoms with Gasteiger partial charge in [-0.25, -0.2) is 0 Å². The molecule has 296 valence electrons. The minimum absolute atomic E-state index is 0. The van der Waals surface area contributed by atoms with Crippen molar-refractivity contribution in [2.24, 2.45) is 0 Å². The van der Waals surface area contributed by atoms with Crippen molar-refractivity contribution in [3.8, 4) is 22.3 Å². The molecule has 2 heterocycles. The van der Waals surface area contributed by atoms with E-state index in [1.165, 1.54) is 58.0 Å². The smallest absolute Gasteiger partial charge is 1.00 e. The van der Waals surface area contributed by atoms with E-state index >= 15 is 0 Å². The quantitative estimate of drug-likeness (QED) is 0.230. The molecular formula is C48H56Cl2Mg2N4O2+2. The first-order valence-corrected chi connectivity index (χ1v) is 19.2. The van der Waals surface area contributed by atoms with Gasteiger partial charge in [-0.15, -0.1) is 11.4 Å². The number of ether oxygens (including phenoxy) is 2. The summed E-state index contributed by atoms with van der Waals surface area (Å²) in [7, 11) is 8.49. The third-order valence-electron chi connectivity index (χ3n) is 9.00. The van der Waals surface area contributed by atoms with Crippen molar-refractivity contribution in [2.75, 3.05) is 54.6 Å². The molecule has 2 aliphatic heterocycles. The van der Waals surface area contributed by atoms with Gasteiger partial charge in [-0.05, 0) is 60.1 Å². The van der Waals surface area contributed by atoms with E-state index in [9.17, 15) is 0 Å². The molecule has 2 saturated heterocycles. The van der Waals surface area contributed by atoms with Crippen LogP contribution in [0.15, 0.2) is 158 Å². The summed E-state index contributed by atoms with van der Waals surface area (Å²) in [6.07, 6.45) is 5.11. The van der Waals surface area contributed by atoms with Gasteiger partial charge in [0.25, 0.3) is 0 Å². The van der Waals surface area contributed by atoms with Crippen LogP contribution < -0.4 is 34.6 Å². The van der Waals surface area contributed by atoms with Gasteiger partial charge in [0.05, 0.1) is 28.2 Å². The standard InChI is InChI=1S/2C20H19N2.2C4H8O.2ClH.2Mg/c2*1-22(2)20-15-9-8-14-19(20)21-18-13-7-6-12-17(18)16-10-4-3-5-11-16;2*1-2-4-5-3-1;;;;/h2*3-15H,1-2H3;2*1-4H2;2*1H;;/q2*-1;;;;;2*+2. The molecule has 2 fully saturated rings. The first-order valence-electron chi connectivity index (χ1n) is 19.2. The Hall–Kier alpha value is -3.13. The van der Waals surface area contributed by atoms with Crippen LogP contribution in [0, 0.1) is 0 Å². The van der Waals surface area contributed by atoms with Crippen molar-refractivity contribution < 1.29 is 44.1 Å². The number of hydrogen-bond donors (Lipinski definition) is 2. The molecule has 6 aromatic carbocycles. The first kappa shape index (κ1) is 52.9. The maximum atomic E-state index is 4.94. The van der Waals surface area contributed by atoms with Gasteiger partial charge >= 0.3 is 46.1 Å². The van der Waals surface area contributed by atoms with Crippen LogP contribution in [0.1, 0.15) is 25.7 Å². The molecule has 8 rings (SSSR count). The van der Waals surface area contributed by atoms with Crippen LogP contribution in [0.4, 0.5) is 34.1 Å². The fraction of sp³-hybridized carbons (Fsp3) is 0.250. The topological polar surface area (TPSA) is 55.5 Å². The summed E-state index contributed by atoms with van der Waals surface area (Å²) in [4.78, 5) is 2.55. The molecule has 6 nitrogen and oxygen atoms in total. The molecule has 2 aliphatic rings. The molecule has 0 unspecified atom stereocenters. The van der Waals surface area contributed by atoms with E-state index in [2.05, 4.69) is 150 Å². The number of halogens is 2. The summed E-state index contributed by atoms with van der Waals surface area (Å²) >= 11 is 0. The Bertz CT molecular complexity index is 1810. The van der Waals surface area contributed by atoms with Crippen molar-refractivity contribution in [3.05, 3.63) is 168 Å². The van der Waals surface area contributed by atoms with Gasteiger partial charge in [0.1, 0.15) is 11.4 Å². The number of nitrogens with one attached hydrogen (secondary N) is 2. The summed E-state index contributed by atoms with van der Waals surface area (Å²) in [5.74, 6) is 0. The van der Waals surface area contributed by atoms with E-state index in [4.69, 9.17) is 20.1 Å². The third-order valence-corrected chi connectivity index (χ3v) is 9.00. The van der Waals surface area contributed by atoms with Crippen LogP contribution in [0.3, 0.4) is 0 Å². The predicted molar refractivity (Wildman–Crippen MR) is 239 cm³/mol. The maximum absolute atomic E-state index is 4.94. The van der Waals surface area contributed by atoms with E-state index in [1.54, 1.807) is 0 Å². The summed E-state index contributed by atoms with van der Waals surface area (Å²) in [6, 6.07) is 54.0. The van der Waals surface area contributed by atoms with Crippen LogP contribution in [0.2, 0.25) is 0 Å². The largest absolute Gasteiger partial charge is 2.00 e. The van der Waals surface area contributed by atoms with E-state index in [1.807, 2.05) is 36.4 Å². The minimum atomic E-state index is 0. The Labute approximate surface area is 392 Å². The van der Waals surface area contributed by atoms with Crippen LogP contribution >= 0.6 is 0 Å². The van der Waals surface area contributed by atoms with E-state index in [0.29, 0.717) is 0 Å². The van der Waals surface area contributed by atoms with Crippen molar-refractivity contribution >= 4 is 80.2 Å². The van der Waals surface area contributed by atoms with Gasteiger partial charge in [0.15, 0.2) is 0 Å². The molecule has 0 atom stereocenters. The van der Waals surface area contributed by atoms with E-state index < -0.39 is 0 Å². The third kappa shape index (κ3) is 17.2. The molecule has 0 saturated carbocycles. The van der Waals surface area contributed by atoms with Crippen LogP contribution in [0.25, 0.3) is 32.9 Å². The summed E-state index contributed by atoms with van der Waals surface area (Å²) in [5, 5.41) is 9.84. The Morgan fingerprint density at radius 1 is 0.362 bits per heavy atom. The summed E-state index contributed by atoms with van der Waals surface area (Å²) in [6.45, 7) is 4.00. The first-order chi connectivity index (χ1) is 26.5. The zero-order valence-electron chi connectivity index (χ0n) is 34.5. The SMILES string of the molecule is C1CCOC1.C1CCOC1.C[NH+](C)c1ccccc1[N-]c1ccccc1-c1ccccc1.C[NH+](C)c1ccccc1[N-]c1ccccc1-c1ccccc1.[Cl-].[Cl-].[Mg+2].[Mg+2].